The van der Waals surface area contributed by atoms with E-state index in [9.17, 15) is 0 Å². The van der Waals surface area contributed by atoms with Crippen molar-refractivity contribution in [3.05, 3.63) is 29.7 Å². The molecule has 2 N–H and O–H groups in total. The highest BCUT2D eigenvalue weighted by Gasteiger charge is 2.07. The number of nitrogens with zero attached hydrogens (tertiary/aromatic N) is 3. The molecule has 4 nitrogen and oxygen atoms in total. The van der Waals surface area contributed by atoms with Crippen LogP contribution in [0.5, 0.6) is 0 Å². The highest BCUT2D eigenvalue weighted by Crippen LogP contribution is 2.29. The summed E-state index contributed by atoms with van der Waals surface area (Å²) < 4.78 is 4.84. The molecule has 0 aliphatic heterocycles. The first-order valence-electron chi connectivity index (χ1n) is 4.40. The van der Waals surface area contributed by atoms with Crippen LogP contribution in [0, 0.1) is 6.92 Å². The van der Waals surface area contributed by atoms with Crippen LogP contribution >= 0.6 is 23.3 Å². The van der Waals surface area contributed by atoms with Gasteiger partial charge in [-0.3, -0.25) is 0 Å². The quantitative estimate of drug-likeness (QED) is 0.884. The Morgan fingerprint density at radius 2 is 2.33 bits per heavy atom. The van der Waals surface area contributed by atoms with Gasteiger partial charge in [-0.15, -0.1) is 0 Å². The molecule has 78 valence electrons. The third-order valence-corrected chi connectivity index (χ3v) is 3.59. The molecule has 0 saturated heterocycles. The lowest BCUT2D eigenvalue weighted by atomic mass is 10.2. The van der Waals surface area contributed by atoms with Gasteiger partial charge in [0, 0.05) is 12.2 Å². The molecule has 6 heteroatoms. The smallest absolute Gasteiger partial charge is 0.176 e. The van der Waals surface area contributed by atoms with Gasteiger partial charge in [-0.1, -0.05) is 6.07 Å². The van der Waals surface area contributed by atoms with Crippen molar-refractivity contribution in [3.63, 3.8) is 0 Å². The van der Waals surface area contributed by atoms with Gasteiger partial charge in [0.1, 0.15) is 11.4 Å². The fourth-order valence-electron chi connectivity index (χ4n) is 1.10. The Labute approximate surface area is 96.1 Å². The molecule has 15 heavy (non-hydrogen) atoms. The predicted molar refractivity (Wildman–Crippen MR) is 60.9 cm³/mol. The number of nitrogens with two attached hydrogens (primary N) is 1. The Morgan fingerprint density at radius 1 is 1.47 bits per heavy atom. The first kappa shape index (κ1) is 10.5. The number of hydrogen-bond donors (Lipinski definition) is 1. The molecule has 0 aliphatic rings. The van der Waals surface area contributed by atoms with Gasteiger partial charge >= 0.3 is 0 Å². The lowest BCUT2D eigenvalue weighted by Gasteiger charge is -2.04. The van der Waals surface area contributed by atoms with E-state index in [0.717, 1.165) is 20.6 Å². The summed E-state index contributed by atoms with van der Waals surface area (Å²) in [6.07, 6.45) is 1.55. The van der Waals surface area contributed by atoms with Gasteiger partial charge in [0.05, 0.1) is 0 Å². The number of pyridine rings is 1. The molecule has 2 rings (SSSR count). The minimum absolute atomic E-state index is 0.494. The van der Waals surface area contributed by atoms with E-state index in [0.29, 0.717) is 6.54 Å². The zero-order chi connectivity index (χ0) is 10.7. The molecule has 0 amide bonds. The van der Waals surface area contributed by atoms with Crippen molar-refractivity contribution in [1.82, 2.24) is 14.3 Å². The van der Waals surface area contributed by atoms with Crippen LogP contribution in [0.25, 0.3) is 0 Å². The fraction of sp³-hybridized carbons (Fsp3) is 0.222. The Kier molecular flexibility index (Phi) is 3.30. The zero-order valence-electron chi connectivity index (χ0n) is 8.17. The summed E-state index contributed by atoms with van der Waals surface area (Å²) in [7, 11) is 0. The lowest BCUT2D eigenvalue weighted by Crippen LogP contribution is -2.00. The molecule has 2 heterocycles. The minimum Gasteiger partial charge on any atom is -0.326 e. The van der Waals surface area contributed by atoms with E-state index in [2.05, 4.69) is 14.3 Å². The Hall–Kier alpha value is -0.980. The number of aryl methyl sites for hydroxylation is 1. The molecular formula is C9H10N4S2. The normalized spacial score (nSPS) is 10.5. The maximum Gasteiger partial charge on any atom is 0.176 e. The molecule has 0 bridgehead atoms. The van der Waals surface area contributed by atoms with E-state index in [1.54, 1.807) is 6.33 Å². The molecule has 0 spiro atoms. The Bertz CT molecular complexity index is 441. The third kappa shape index (κ3) is 2.53. The average molecular weight is 238 g/mol. The van der Waals surface area contributed by atoms with Crippen LogP contribution in [-0.4, -0.2) is 14.3 Å². The van der Waals surface area contributed by atoms with E-state index in [1.807, 2.05) is 19.1 Å². The summed E-state index contributed by atoms with van der Waals surface area (Å²) in [6.45, 7) is 2.46. The van der Waals surface area contributed by atoms with Crippen LogP contribution in [0.1, 0.15) is 11.3 Å². The summed E-state index contributed by atoms with van der Waals surface area (Å²) in [4.78, 5) is 8.55. The second kappa shape index (κ2) is 4.69. The minimum atomic E-state index is 0.494. The van der Waals surface area contributed by atoms with Gasteiger partial charge < -0.3 is 5.73 Å². The SMILES string of the molecule is Cc1ccc(CN)c(Sc2ncns2)n1. The summed E-state index contributed by atoms with van der Waals surface area (Å²) in [5.74, 6) is 0. The van der Waals surface area contributed by atoms with Crippen LogP contribution in [0.2, 0.25) is 0 Å². The Balaban J connectivity index is 2.30. The number of aromatic nitrogens is 3. The van der Waals surface area contributed by atoms with Gasteiger partial charge in [-0.25, -0.2) is 9.97 Å². The molecule has 0 aliphatic carbocycles. The van der Waals surface area contributed by atoms with Crippen LogP contribution in [0.3, 0.4) is 0 Å². The van der Waals surface area contributed by atoms with Crippen LogP contribution in [-0.2, 0) is 6.54 Å². The third-order valence-electron chi connectivity index (χ3n) is 1.82. The van der Waals surface area contributed by atoms with Crippen molar-refractivity contribution in [2.45, 2.75) is 22.8 Å². The average Bonchev–Trinajstić information content (AvgIpc) is 2.71. The van der Waals surface area contributed by atoms with Crippen LogP contribution < -0.4 is 5.73 Å². The van der Waals surface area contributed by atoms with Crippen molar-refractivity contribution in [2.75, 3.05) is 0 Å². The molecule has 0 fully saturated rings. The van der Waals surface area contributed by atoms with E-state index >= 15 is 0 Å². The van der Waals surface area contributed by atoms with Crippen LogP contribution in [0.15, 0.2) is 27.8 Å². The maximum absolute atomic E-state index is 5.64. The van der Waals surface area contributed by atoms with E-state index in [1.165, 1.54) is 23.3 Å². The first-order valence-corrected chi connectivity index (χ1v) is 5.99. The monoisotopic (exact) mass is 238 g/mol. The molecule has 0 aromatic carbocycles. The number of hydrogen-bond acceptors (Lipinski definition) is 6. The number of rotatable bonds is 3. The van der Waals surface area contributed by atoms with Crippen molar-refractivity contribution in [3.8, 4) is 0 Å². The van der Waals surface area contributed by atoms with Gasteiger partial charge in [-0.05, 0) is 41.8 Å². The molecule has 0 radical (unpaired) electrons. The Morgan fingerprint density at radius 3 is 3.00 bits per heavy atom. The van der Waals surface area contributed by atoms with Gasteiger partial charge in [0.2, 0.25) is 0 Å². The van der Waals surface area contributed by atoms with Crippen molar-refractivity contribution in [2.24, 2.45) is 5.73 Å². The van der Waals surface area contributed by atoms with Crippen molar-refractivity contribution < 1.29 is 0 Å². The van der Waals surface area contributed by atoms with E-state index in [4.69, 9.17) is 5.73 Å². The molecular weight excluding hydrogens is 228 g/mol. The van der Waals surface area contributed by atoms with Gasteiger partial charge in [0.25, 0.3) is 0 Å². The molecule has 0 atom stereocenters. The van der Waals surface area contributed by atoms with E-state index < -0.39 is 0 Å². The topological polar surface area (TPSA) is 64.7 Å². The highest BCUT2D eigenvalue weighted by atomic mass is 32.2. The largest absolute Gasteiger partial charge is 0.326 e. The van der Waals surface area contributed by atoms with Gasteiger partial charge in [0.15, 0.2) is 4.34 Å². The summed E-state index contributed by atoms with van der Waals surface area (Å²) in [6, 6.07) is 3.97. The molecule has 0 saturated carbocycles. The zero-order valence-corrected chi connectivity index (χ0v) is 9.81. The summed E-state index contributed by atoms with van der Waals surface area (Å²) in [5, 5.41) is 0.925. The molecule has 2 aromatic heterocycles. The van der Waals surface area contributed by atoms with Crippen LogP contribution in [0.4, 0.5) is 0 Å². The standard InChI is InChI=1S/C9H10N4S2/c1-6-2-3-7(4-10)8(13-6)14-9-11-5-12-15-9/h2-3,5H,4,10H2,1H3. The van der Waals surface area contributed by atoms with Crippen molar-refractivity contribution >= 4 is 23.3 Å². The second-order valence-electron chi connectivity index (χ2n) is 2.93. The summed E-state index contributed by atoms with van der Waals surface area (Å²) >= 11 is 2.88. The predicted octanol–water partition coefficient (Wildman–Crippen LogP) is 1.85. The van der Waals surface area contributed by atoms with Gasteiger partial charge in [-0.2, -0.15) is 4.37 Å². The molecule has 0 unspecified atom stereocenters. The van der Waals surface area contributed by atoms with Crippen molar-refractivity contribution in [1.29, 1.82) is 0 Å². The first-order chi connectivity index (χ1) is 7.29. The van der Waals surface area contributed by atoms with E-state index in [-0.39, 0.29) is 0 Å². The lowest BCUT2D eigenvalue weighted by molar-refractivity contribution is 0.941. The maximum atomic E-state index is 5.64. The fourth-order valence-corrected chi connectivity index (χ4v) is 2.63. The molecule has 2 aromatic rings. The second-order valence-corrected chi connectivity index (χ2v) is 4.95. The summed E-state index contributed by atoms with van der Waals surface area (Å²) in [5.41, 5.74) is 7.67. The highest BCUT2D eigenvalue weighted by molar-refractivity contribution is 8.00.